The van der Waals surface area contributed by atoms with E-state index in [-0.39, 0.29) is 5.97 Å². The Bertz CT molecular complexity index is 651. The third kappa shape index (κ3) is 2.72. The number of carbonyl (C=O) groups is 1. The average molecular weight is 350 g/mol. The maximum absolute atomic E-state index is 12.4. The topological polar surface area (TPSA) is 57.0 Å². The molecule has 0 amide bonds. The number of fused-ring (bicyclic) bond motifs is 1. The van der Waals surface area contributed by atoms with Gasteiger partial charge in [0.25, 0.3) is 0 Å². The van der Waals surface area contributed by atoms with E-state index in [9.17, 15) is 4.79 Å². The highest BCUT2D eigenvalue weighted by molar-refractivity contribution is 9.10. The van der Waals surface area contributed by atoms with E-state index in [1.54, 1.807) is 0 Å². The molecule has 1 aromatic heterocycles. The van der Waals surface area contributed by atoms with Crippen LogP contribution in [-0.2, 0) is 22.5 Å². The summed E-state index contributed by atoms with van der Waals surface area (Å²) in [6.45, 7) is 3.03. The van der Waals surface area contributed by atoms with Gasteiger partial charge in [0.05, 0.1) is 6.61 Å². The van der Waals surface area contributed by atoms with Crippen LogP contribution in [-0.4, -0.2) is 27.3 Å². The van der Waals surface area contributed by atoms with Crippen molar-refractivity contribution in [3.8, 4) is 0 Å². The fraction of sp³-hybridized carbons (Fsp3) is 0.400. The molecule has 110 valence electrons. The maximum atomic E-state index is 12.4. The van der Waals surface area contributed by atoms with Crippen molar-refractivity contribution in [2.75, 3.05) is 6.61 Å². The van der Waals surface area contributed by atoms with Crippen molar-refractivity contribution >= 4 is 21.9 Å². The average Bonchev–Trinajstić information content (AvgIpc) is 3.06. The predicted molar refractivity (Wildman–Crippen MR) is 81.0 cm³/mol. The lowest BCUT2D eigenvalue weighted by atomic mass is 9.98. The van der Waals surface area contributed by atoms with Crippen molar-refractivity contribution in [1.29, 1.82) is 0 Å². The smallest absolute Gasteiger partial charge is 0.321 e. The van der Waals surface area contributed by atoms with Gasteiger partial charge in [-0.15, -0.1) is 10.2 Å². The Labute approximate surface area is 131 Å². The van der Waals surface area contributed by atoms with Crippen molar-refractivity contribution in [3.63, 3.8) is 0 Å². The third-order valence-electron chi connectivity index (χ3n) is 3.62. The Morgan fingerprint density at radius 2 is 2.14 bits per heavy atom. The van der Waals surface area contributed by atoms with Crippen molar-refractivity contribution in [3.05, 3.63) is 46.0 Å². The van der Waals surface area contributed by atoms with Crippen LogP contribution >= 0.6 is 15.9 Å². The standard InChI is InChI=1S/C15H16BrN3O2/c1-2-21-15(20)13(10-5-7-11(16)8-6-10)14-18-17-12-4-3-9-19(12)14/h5-8,13H,2-4,9H2,1H3. The first kappa shape index (κ1) is 14.3. The van der Waals surface area contributed by atoms with Gasteiger partial charge in [-0.05, 0) is 31.0 Å². The maximum Gasteiger partial charge on any atom is 0.321 e. The van der Waals surface area contributed by atoms with Gasteiger partial charge in [-0.2, -0.15) is 0 Å². The molecule has 0 spiro atoms. The number of aryl methyl sites for hydroxylation is 1. The van der Waals surface area contributed by atoms with Gasteiger partial charge in [0.15, 0.2) is 5.82 Å². The molecule has 1 aliphatic rings. The zero-order valence-corrected chi connectivity index (χ0v) is 13.3. The zero-order valence-electron chi connectivity index (χ0n) is 11.8. The first-order valence-corrected chi connectivity index (χ1v) is 7.84. The summed E-state index contributed by atoms with van der Waals surface area (Å²) in [5.41, 5.74) is 0.874. The molecule has 1 aliphatic heterocycles. The monoisotopic (exact) mass is 349 g/mol. The normalized spacial score (nSPS) is 14.8. The molecule has 3 rings (SSSR count). The van der Waals surface area contributed by atoms with Crippen LogP contribution in [0.25, 0.3) is 0 Å². The van der Waals surface area contributed by atoms with E-state index >= 15 is 0 Å². The quantitative estimate of drug-likeness (QED) is 0.796. The van der Waals surface area contributed by atoms with Crippen LogP contribution in [0.3, 0.4) is 0 Å². The molecule has 0 N–H and O–H groups in total. The fourth-order valence-corrected chi connectivity index (χ4v) is 2.92. The number of rotatable bonds is 4. The number of hydrogen-bond donors (Lipinski definition) is 0. The summed E-state index contributed by atoms with van der Waals surface area (Å²) in [5.74, 6) is 0.846. The van der Waals surface area contributed by atoms with Crippen LogP contribution in [0.5, 0.6) is 0 Å². The number of nitrogens with zero attached hydrogens (tertiary/aromatic N) is 3. The van der Waals surface area contributed by atoms with Crippen LogP contribution in [0.15, 0.2) is 28.7 Å². The molecule has 1 aromatic carbocycles. The molecule has 1 unspecified atom stereocenters. The first-order chi connectivity index (χ1) is 10.2. The minimum Gasteiger partial charge on any atom is -0.465 e. The van der Waals surface area contributed by atoms with Gasteiger partial charge in [-0.1, -0.05) is 28.1 Å². The predicted octanol–water partition coefficient (Wildman–Crippen LogP) is 2.68. The fourth-order valence-electron chi connectivity index (χ4n) is 2.66. The summed E-state index contributed by atoms with van der Waals surface area (Å²) in [5, 5.41) is 8.44. The zero-order chi connectivity index (χ0) is 14.8. The largest absolute Gasteiger partial charge is 0.465 e. The minimum absolute atomic E-state index is 0.276. The second-order valence-electron chi connectivity index (χ2n) is 4.97. The van der Waals surface area contributed by atoms with Gasteiger partial charge >= 0.3 is 5.97 Å². The molecular weight excluding hydrogens is 334 g/mol. The second kappa shape index (κ2) is 5.97. The van der Waals surface area contributed by atoms with Crippen molar-refractivity contribution in [1.82, 2.24) is 14.8 Å². The summed E-state index contributed by atoms with van der Waals surface area (Å²) in [4.78, 5) is 12.4. The Morgan fingerprint density at radius 3 is 2.86 bits per heavy atom. The molecule has 6 heteroatoms. The van der Waals surface area contributed by atoms with Crippen molar-refractivity contribution < 1.29 is 9.53 Å². The van der Waals surface area contributed by atoms with Gasteiger partial charge in [-0.25, -0.2) is 0 Å². The Hall–Kier alpha value is -1.69. The van der Waals surface area contributed by atoms with E-state index in [1.807, 2.05) is 35.8 Å². The molecule has 21 heavy (non-hydrogen) atoms. The Morgan fingerprint density at radius 1 is 1.38 bits per heavy atom. The van der Waals surface area contributed by atoms with Gasteiger partial charge in [0.1, 0.15) is 11.7 Å². The summed E-state index contributed by atoms with van der Waals surface area (Å²) in [7, 11) is 0. The Balaban J connectivity index is 2.03. The first-order valence-electron chi connectivity index (χ1n) is 7.04. The lowest BCUT2D eigenvalue weighted by molar-refractivity contribution is -0.144. The molecule has 0 saturated heterocycles. The van der Waals surface area contributed by atoms with Crippen LogP contribution in [0.2, 0.25) is 0 Å². The number of carbonyl (C=O) groups excluding carboxylic acids is 1. The molecular formula is C15H16BrN3O2. The molecule has 0 saturated carbocycles. The third-order valence-corrected chi connectivity index (χ3v) is 4.15. The number of benzene rings is 1. The lowest BCUT2D eigenvalue weighted by Gasteiger charge is -2.16. The number of hydrogen-bond acceptors (Lipinski definition) is 4. The molecule has 2 heterocycles. The summed E-state index contributed by atoms with van der Waals surface area (Å²) in [6.07, 6.45) is 1.97. The number of esters is 1. The summed E-state index contributed by atoms with van der Waals surface area (Å²) in [6, 6.07) is 7.68. The van der Waals surface area contributed by atoms with Crippen molar-refractivity contribution in [2.45, 2.75) is 32.2 Å². The molecule has 1 atom stereocenters. The highest BCUT2D eigenvalue weighted by atomic mass is 79.9. The number of ether oxygens (including phenoxy) is 1. The van der Waals surface area contributed by atoms with E-state index in [0.29, 0.717) is 12.4 Å². The van der Waals surface area contributed by atoms with Crippen LogP contribution in [0, 0.1) is 0 Å². The second-order valence-corrected chi connectivity index (χ2v) is 5.88. The summed E-state index contributed by atoms with van der Waals surface area (Å²) >= 11 is 3.41. The van der Waals surface area contributed by atoms with E-state index in [1.165, 1.54) is 0 Å². The SMILES string of the molecule is CCOC(=O)C(c1ccc(Br)cc1)c1nnc2n1CCC2. The summed E-state index contributed by atoms with van der Waals surface area (Å²) < 4.78 is 8.26. The number of aromatic nitrogens is 3. The van der Waals surface area contributed by atoms with E-state index in [4.69, 9.17) is 4.74 Å². The van der Waals surface area contributed by atoms with Crippen molar-refractivity contribution in [2.24, 2.45) is 0 Å². The van der Waals surface area contributed by atoms with E-state index in [0.717, 1.165) is 35.2 Å². The molecule has 0 aliphatic carbocycles. The minimum atomic E-state index is -0.516. The van der Waals surface area contributed by atoms with E-state index < -0.39 is 5.92 Å². The molecule has 0 fully saturated rings. The van der Waals surface area contributed by atoms with Gasteiger partial charge in [-0.3, -0.25) is 4.79 Å². The van der Waals surface area contributed by atoms with E-state index in [2.05, 4.69) is 26.1 Å². The molecule has 2 aromatic rings. The van der Waals surface area contributed by atoms with Gasteiger partial charge in [0, 0.05) is 17.4 Å². The highest BCUT2D eigenvalue weighted by Crippen LogP contribution is 2.28. The Kier molecular flexibility index (Phi) is 4.05. The van der Waals surface area contributed by atoms with Crippen LogP contribution in [0.4, 0.5) is 0 Å². The molecule has 5 nitrogen and oxygen atoms in total. The van der Waals surface area contributed by atoms with Gasteiger partial charge < -0.3 is 9.30 Å². The highest BCUT2D eigenvalue weighted by Gasteiger charge is 2.31. The van der Waals surface area contributed by atoms with Crippen LogP contribution in [0.1, 0.15) is 36.5 Å². The van der Waals surface area contributed by atoms with Gasteiger partial charge in [0.2, 0.25) is 0 Å². The molecule has 0 radical (unpaired) electrons. The lowest BCUT2D eigenvalue weighted by Crippen LogP contribution is -2.21. The van der Waals surface area contributed by atoms with Crippen LogP contribution < -0.4 is 0 Å². The molecule has 0 bridgehead atoms. The number of halogens is 1.